The first-order valence-corrected chi connectivity index (χ1v) is 7.52. The zero-order chi connectivity index (χ0) is 13.8. The van der Waals surface area contributed by atoms with Gasteiger partial charge in [-0.25, -0.2) is 0 Å². The van der Waals surface area contributed by atoms with E-state index >= 15 is 0 Å². The van der Waals surface area contributed by atoms with E-state index in [9.17, 15) is 0 Å². The van der Waals surface area contributed by atoms with Crippen LogP contribution in [0.1, 0.15) is 17.2 Å². The number of benzene rings is 2. The molecule has 1 unspecified atom stereocenters. The maximum Gasteiger partial charge on any atom is 0.0640 e. The fourth-order valence-corrected chi connectivity index (χ4v) is 2.94. The minimum atomic E-state index is 0.139. The Bertz CT molecular complexity index is 572. The largest absolute Gasteiger partial charge is 0.313 e. The van der Waals surface area contributed by atoms with E-state index in [0.29, 0.717) is 10.0 Å². The Balaban J connectivity index is 2.28. The smallest absolute Gasteiger partial charge is 0.0640 e. The van der Waals surface area contributed by atoms with E-state index in [4.69, 9.17) is 23.2 Å². The number of likely N-dealkylation sites (N-methyl/N-ethyl adjacent to an activating group) is 1. The topological polar surface area (TPSA) is 12.0 Å². The molecule has 19 heavy (non-hydrogen) atoms. The summed E-state index contributed by atoms with van der Waals surface area (Å²) in [6.07, 6.45) is 0.857. The highest BCUT2D eigenvalue weighted by molar-refractivity contribution is 9.10. The van der Waals surface area contributed by atoms with Crippen molar-refractivity contribution in [2.75, 3.05) is 7.05 Å². The standard InChI is InChI=1S/C15H14BrCl2N/c1-19-14(9-10-4-2-5-11(16)8-10)12-6-3-7-13(17)15(12)18/h2-8,14,19H,9H2,1H3. The molecule has 0 aliphatic heterocycles. The Morgan fingerprint density at radius 3 is 2.58 bits per heavy atom. The minimum absolute atomic E-state index is 0.139. The van der Waals surface area contributed by atoms with Gasteiger partial charge < -0.3 is 5.32 Å². The monoisotopic (exact) mass is 357 g/mol. The molecule has 2 aromatic carbocycles. The molecule has 0 spiro atoms. The number of hydrogen-bond acceptors (Lipinski definition) is 1. The fraction of sp³-hybridized carbons (Fsp3) is 0.200. The van der Waals surface area contributed by atoms with Crippen molar-refractivity contribution in [3.63, 3.8) is 0 Å². The molecule has 0 aliphatic carbocycles. The lowest BCUT2D eigenvalue weighted by Gasteiger charge is -2.19. The Morgan fingerprint density at radius 2 is 1.89 bits per heavy atom. The minimum Gasteiger partial charge on any atom is -0.313 e. The molecule has 100 valence electrons. The lowest BCUT2D eigenvalue weighted by Crippen LogP contribution is -2.19. The van der Waals surface area contributed by atoms with Gasteiger partial charge in [0, 0.05) is 10.5 Å². The predicted molar refractivity (Wildman–Crippen MR) is 86.1 cm³/mol. The average molecular weight is 359 g/mol. The molecule has 1 atom stereocenters. The lowest BCUT2D eigenvalue weighted by atomic mass is 9.99. The van der Waals surface area contributed by atoms with Crippen LogP contribution in [0.25, 0.3) is 0 Å². The maximum absolute atomic E-state index is 6.28. The number of halogens is 3. The molecule has 0 saturated carbocycles. The summed E-state index contributed by atoms with van der Waals surface area (Å²) in [5.74, 6) is 0. The summed E-state index contributed by atoms with van der Waals surface area (Å²) in [4.78, 5) is 0. The summed E-state index contributed by atoms with van der Waals surface area (Å²) in [6.45, 7) is 0. The lowest BCUT2D eigenvalue weighted by molar-refractivity contribution is 0.592. The van der Waals surface area contributed by atoms with Gasteiger partial charge in [0.05, 0.1) is 10.0 Å². The molecule has 2 aromatic rings. The van der Waals surface area contributed by atoms with Crippen LogP contribution in [-0.4, -0.2) is 7.05 Å². The first kappa shape index (κ1) is 14.9. The SMILES string of the molecule is CNC(Cc1cccc(Br)c1)c1cccc(Cl)c1Cl. The van der Waals surface area contributed by atoms with Crippen molar-refractivity contribution in [2.45, 2.75) is 12.5 Å². The van der Waals surface area contributed by atoms with Crippen LogP contribution in [0.5, 0.6) is 0 Å². The number of hydrogen-bond donors (Lipinski definition) is 1. The first-order valence-electron chi connectivity index (χ1n) is 5.97. The summed E-state index contributed by atoms with van der Waals surface area (Å²) < 4.78 is 1.08. The quantitative estimate of drug-likeness (QED) is 0.786. The van der Waals surface area contributed by atoms with E-state index in [0.717, 1.165) is 16.5 Å². The van der Waals surface area contributed by atoms with Crippen molar-refractivity contribution in [1.82, 2.24) is 5.32 Å². The van der Waals surface area contributed by atoms with Gasteiger partial charge >= 0.3 is 0 Å². The Labute approximate surface area is 132 Å². The van der Waals surface area contributed by atoms with Gasteiger partial charge in [0.1, 0.15) is 0 Å². The molecular weight excluding hydrogens is 345 g/mol. The van der Waals surface area contributed by atoms with Gasteiger partial charge in [-0.3, -0.25) is 0 Å². The normalized spacial score (nSPS) is 12.4. The first-order chi connectivity index (χ1) is 9.11. The third-order valence-corrected chi connectivity index (χ3v) is 4.36. The van der Waals surface area contributed by atoms with E-state index < -0.39 is 0 Å². The van der Waals surface area contributed by atoms with Crippen molar-refractivity contribution in [3.8, 4) is 0 Å². The fourth-order valence-electron chi connectivity index (χ4n) is 2.06. The highest BCUT2D eigenvalue weighted by Crippen LogP contribution is 2.31. The Hall–Kier alpha value is -0.540. The summed E-state index contributed by atoms with van der Waals surface area (Å²) >= 11 is 15.8. The van der Waals surface area contributed by atoms with Gasteiger partial charge in [-0.05, 0) is 42.8 Å². The molecular formula is C15H14BrCl2N. The van der Waals surface area contributed by atoms with Crippen molar-refractivity contribution in [1.29, 1.82) is 0 Å². The highest BCUT2D eigenvalue weighted by Gasteiger charge is 2.15. The molecule has 0 amide bonds. The third kappa shape index (κ3) is 3.73. The second-order valence-corrected chi connectivity index (χ2v) is 6.02. The van der Waals surface area contributed by atoms with E-state index in [1.807, 2.05) is 31.3 Å². The molecule has 0 aliphatic rings. The van der Waals surface area contributed by atoms with E-state index in [-0.39, 0.29) is 6.04 Å². The van der Waals surface area contributed by atoms with Crippen LogP contribution in [0.4, 0.5) is 0 Å². The number of nitrogens with one attached hydrogen (secondary N) is 1. The summed E-state index contributed by atoms with van der Waals surface area (Å²) in [6, 6.07) is 14.1. The van der Waals surface area contributed by atoms with Gasteiger partial charge in [0.15, 0.2) is 0 Å². The maximum atomic E-state index is 6.28. The van der Waals surface area contributed by atoms with Crippen LogP contribution >= 0.6 is 39.1 Å². The number of rotatable bonds is 4. The predicted octanol–water partition coefficient (Wildman–Crippen LogP) is 5.26. The Morgan fingerprint density at radius 1 is 1.16 bits per heavy atom. The molecule has 0 bridgehead atoms. The van der Waals surface area contributed by atoms with Crippen molar-refractivity contribution < 1.29 is 0 Å². The van der Waals surface area contributed by atoms with Gasteiger partial charge in [-0.2, -0.15) is 0 Å². The molecule has 0 radical (unpaired) electrons. The van der Waals surface area contributed by atoms with Crippen molar-refractivity contribution in [2.24, 2.45) is 0 Å². The van der Waals surface area contributed by atoms with Crippen LogP contribution in [0.15, 0.2) is 46.9 Å². The molecule has 0 aromatic heterocycles. The van der Waals surface area contributed by atoms with Crippen molar-refractivity contribution >= 4 is 39.1 Å². The second-order valence-electron chi connectivity index (χ2n) is 4.32. The Kier molecular flexibility index (Phi) is 5.28. The van der Waals surface area contributed by atoms with E-state index in [2.05, 4.69) is 33.4 Å². The molecule has 0 fully saturated rings. The van der Waals surface area contributed by atoms with Crippen LogP contribution in [-0.2, 0) is 6.42 Å². The molecule has 1 nitrogen and oxygen atoms in total. The molecule has 4 heteroatoms. The van der Waals surface area contributed by atoms with E-state index in [1.165, 1.54) is 5.56 Å². The van der Waals surface area contributed by atoms with Crippen LogP contribution in [0.3, 0.4) is 0 Å². The second kappa shape index (κ2) is 6.76. The third-order valence-electron chi connectivity index (χ3n) is 3.03. The highest BCUT2D eigenvalue weighted by atomic mass is 79.9. The van der Waals surface area contributed by atoms with Gasteiger partial charge in [-0.1, -0.05) is 63.4 Å². The van der Waals surface area contributed by atoms with Crippen LogP contribution in [0.2, 0.25) is 10.0 Å². The molecule has 2 rings (SSSR count). The molecule has 0 saturated heterocycles. The van der Waals surface area contributed by atoms with Crippen molar-refractivity contribution in [3.05, 3.63) is 68.1 Å². The molecule has 1 N–H and O–H groups in total. The average Bonchev–Trinajstić information content (AvgIpc) is 2.40. The van der Waals surface area contributed by atoms with Crippen LogP contribution in [0, 0.1) is 0 Å². The zero-order valence-corrected chi connectivity index (χ0v) is 13.6. The van der Waals surface area contributed by atoms with Gasteiger partial charge in [0.25, 0.3) is 0 Å². The summed E-state index contributed by atoms with van der Waals surface area (Å²) in [5.41, 5.74) is 2.27. The van der Waals surface area contributed by atoms with Gasteiger partial charge in [-0.15, -0.1) is 0 Å². The van der Waals surface area contributed by atoms with Gasteiger partial charge in [0.2, 0.25) is 0 Å². The molecule has 0 heterocycles. The summed E-state index contributed by atoms with van der Waals surface area (Å²) in [5, 5.41) is 4.51. The summed E-state index contributed by atoms with van der Waals surface area (Å²) in [7, 11) is 1.93. The van der Waals surface area contributed by atoms with Crippen LogP contribution < -0.4 is 5.32 Å². The zero-order valence-electron chi connectivity index (χ0n) is 10.5. The van der Waals surface area contributed by atoms with E-state index in [1.54, 1.807) is 6.07 Å².